The fraction of sp³-hybridized carbons (Fsp3) is 0.368. The number of amides is 1. The molecule has 1 aliphatic rings. The minimum atomic E-state index is -0.409. The van der Waals surface area contributed by atoms with E-state index in [2.05, 4.69) is 10.6 Å². The normalized spacial score (nSPS) is 18.5. The summed E-state index contributed by atoms with van der Waals surface area (Å²) < 4.78 is 5.23. The zero-order chi connectivity index (χ0) is 17.7. The molecule has 2 heterocycles. The van der Waals surface area contributed by atoms with Gasteiger partial charge >= 0.3 is 5.63 Å². The topological polar surface area (TPSA) is 71.3 Å². The fourth-order valence-corrected chi connectivity index (χ4v) is 3.40. The lowest BCUT2D eigenvalue weighted by atomic mass is 9.96. The molecule has 0 saturated carbocycles. The van der Waals surface area contributed by atoms with Crippen LogP contribution in [0.5, 0.6) is 0 Å². The average molecular weight is 326 g/mol. The molecule has 0 fully saturated rings. The maximum Gasteiger partial charge on any atom is 0.336 e. The zero-order valence-corrected chi connectivity index (χ0v) is 14.6. The molecule has 2 aromatic rings. The maximum atomic E-state index is 12.7. The van der Waals surface area contributed by atoms with Gasteiger partial charge in [-0.05, 0) is 52.3 Å². The average Bonchev–Trinajstić information content (AvgIpc) is 2.66. The van der Waals surface area contributed by atoms with Gasteiger partial charge in [0.15, 0.2) is 0 Å². The number of hydrogen-bond donors (Lipinski definition) is 2. The summed E-state index contributed by atoms with van der Waals surface area (Å²) in [6, 6.07) is 6.80. The summed E-state index contributed by atoms with van der Waals surface area (Å²) in [7, 11) is 0. The standard InChI is InChI=1S/C19H22N2O3/c1-11-8-16(22)24-15-9-12(6-7-13(11)15)20-17(23)14-10-18(2,3)21-19(14,4)5/h6-10,21H,1-5H3,(H,20,23). The van der Waals surface area contributed by atoms with Crippen molar-refractivity contribution < 1.29 is 9.21 Å². The van der Waals surface area contributed by atoms with Crippen LogP contribution in [0.1, 0.15) is 33.3 Å². The monoisotopic (exact) mass is 326 g/mol. The van der Waals surface area contributed by atoms with Crippen LogP contribution in [-0.4, -0.2) is 17.0 Å². The van der Waals surface area contributed by atoms with Gasteiger partial charge < -0.3 is 9.73 Å². The summed E-state index contributed by atoms with van der Waals surface area (Å²) in [6.45, 7) is 9.88. The van der Waals surface area contributed by atoms with Gasteiger partial charge in [0, 0.05) is 39.9 Å². The van der Waals surface area contributed by atoms with E-state index in [1.54, 1.807) is 6.07 Å². The molecule has 0 radical (unpaired) electrons. The summed E-state index contributed by atoms with van der Waals surface area (Å²) in [5, 5.41) is 7.17. The van der Waals surface area contributed by atoms with Gasteiger partial charge in [-0.1, -0.05) is 6.08 Å². The highest BCUT2D eigenvalue weighted by Gasteiger charge is 2.40. The van der Waals surface area contributed by atoms with E-state index in [0.717, 1.165) is 10.9 Å². The molecular formula is C19H22N2O3. The number of nitrogens with one attached hydrogen (secondary N) is 2. The molecule has 5 nitrogen and oxygen atoms in total. The van der Waals surface area contributed by atoms with Crippen molar-refractivity contribution in [1.29, 1.82) is 0 Å². The maximum absolute atomic E-state index is 12.7. The third kappa shape index (κ3) is 2.99. The number of carbonyl (C=O) groups is 1. The van der Waals surface area contributed by atoms with Crippen LogP contribution < -0.4 is 16.3 Å². The molecule has 24 heavy (non-hydrogen) atoms. The lowest BCUT2D eigenvalue weighted by Gasteiger charge is -2.27. The minimum Gasteiger partial charge on any atom is -0.423 e. The second-order valence-electron chi connectivity index (χ2n) is 7.44. The van der Waals surface area contributed by atoms with Gasteiger partial charge in [0.1, 0.15) is 5.58 Å². The van der Waals surface area contributed by atoms with E-state index in [4.69, 9.17) is 4.42 Å². The van der Waals surface area contributed by atoms with Gasteiger partial charge in [0.25, 0.3) is 5.91 Å². The predicted octanol–water partition coefficient (Wildman–Crippen LogP) is 3.13. The van der Waals surface area contributed by atoms with E-state index in [1.165, 1.54) is 6.07 Å². The molecule has 3 rings (SSSR count). The van der Waals surface area contributed by atoms with Crippen molar-refractivity contribution in [2.75, 3.05) is 5.32 Å². The molecule has 1 amide bonds. The first kappa shape index (κ1) is 16.5. The lowest BCUT2D eigenvalue weighted by Crippen LogP contribution is -2.47. The Hall–Kier alpha value is -2.40. The molecule has 0 bridgehead atoms. The smallest absolute Gasteiger partial charge is 0.336 e. The molecule has 0 saturated heterocycles. The van der Waals surface area contributed by atoms with Gasteiger partial charge in [0.2, 0.25) is 0 Å². The van der Waals surface area contributed by atoms with Crippen LogP contribution in [0.3, 0.4) is 0 Å². The molecule has 0 atom stereocenters. The van der Waals surface area contributed by atoms with E-state index in [1.807, 2.05) is 52.8 Å². The molecule has 2 N–H and O–H groups in total. The van der Waals surface area contributed by atoms with Gasteiger partial charge in [-0.15, -0.1) is 0 Å². The van der Waals surface area contributed by atoms with Gasteiger partial charge in [0.05, 0.1) is 0 Å². The highest BCUT2D eigenvalue weighted by molar-refractivity contribution is 6.06. The highest BCUT2D eigenvalue weighted by Crippen LogP contribution is 2.31. The first-order chi connectivity index (χ1) is 11.1. The highest BCUT2D eigenvalue weighted by atomic mass is 16.4. The minimum absolute atomic E-state index is 0.160. The summed E-state index contributed by atoms with van der Waals surface area (Å²) in [4.78, 5) is 24.2. The van der Waals surface area contributed by atoms with Crippen LogP contribution in [0.15, 0.2) is 45.1 Å². The second kappa shape index (κ2) is 5.31. The largest absolute Gasteiger partial charge is 0.423 e. The molecule has 0 unspecified atom stereocenters. The van der Waals surface area contributed by atoms with Crippen LogP contribution in [0, 0.1) is 6.92 Å². The SMILES string of the molecule is Cc1cc(=O)oc2cc(NC(=O)C3=CC(C)(C)NC3(C)C)ccc12. The molecule has 126 valence electrons. The summed E-state index contributed by atoms with van der Waals surface area (Å²) in [6.07, 6.45) is 1.95. The quantitative estimate of drug-likeness (QED) is 0.832. The number of aryl methyl sites for hydroxylation is 1. The van der Waals surface area contributed by atoms with Crippen molar-refractivity contribution >= 4 is 22.6 Å². The van der Waals surface area contributed by atoms with Crippen LogP contribution in [-0.2, 0) is 4.79 Å². The van der Waals surface area contributed by atoms with Gasteiger partial charge in [-0.2, -0.15) is 0 Å². The molecule has 0 aliphatic carbocycles. The summed E-state index contributed by atoms with van der Waals surface area (Å²) in [5.74, 6) is -0.160. The Bertz CT molecular complexity index is 920. The zero-order valence-electron chi connectivity index (χ0n) is 14.6. The van der Waals surface area contributed by atoms with Gasteiger partial charge in [-0.25, -0.2) is 4.79 Å². The molecule has 1 aliphatic heterocycles. The first-order valence-electron chi connectivity index (χ1n) is 7.96. The van der Waals surface area contributed by atoms with Gasteiger partial charge in [-0.3, -0.25) is 10.1 Å². The summed E-state index contributed by atoms with van der Waals surface area (Å²) >= 11 is 0. The molecule has 1 aromatic heterocycles. The fourth-order valence-electron chi connectivity index (χ4n) is 3.40. The van der Waals surface area contributed by atoms with E-state index >= 15 is 0 Å². The Labute approximate surface area is 140 Å². The Morgan fingerprint density at radius 3 is 2.50 bits per heavy atom. The third-order valence-electron chi connectivity index (χ3n) is 4.27. The van der Waals surface area contributed by atoms with Crippen LogP contribution >= 0.6 is 0 Å². The van der Waals surface area contributed by atoms with Crippen LogP contribution in [0.4, 0.5) is 5.69 Å². The van der Waals surface area contributed by atoms with Crippen molar-refractivity contribution in [2.45, 2.75) is 45.7 Å². The Kier molecular flexibility index (Phi) is 3.64. The van der Waals surface area contributed by atoms with Crippen molar-refractivity contribution in [3.8, 4) is 0 Å². The Morgan fingerprint density at radius 2 is 1.88 bits per heavy atom. The number of rotatable bonds is 2. The van der Waals surface area contributed by atoms with Crippen molar-refractivity contribution in [3.05, 3.63) is 51.9 Å². The van der Waals surface area contributed by atoms with Crippen molar-refractivity contribution in [1.82, 2.24) is 5.32 Å². The van der Waals surface area contributed by atoms with E-state index in [9.17, 15) is 9.59 Å². The third-order valence-corrected chi connectivity index (χ3v) is 4.27. The Morgan fingerprint density at radius 1 is 1.17 bits per heavy atom. The number of fused-ring (bicyclic) bond motifs is 1. The molecule has 1 aromatic carbocycles. The van der Waals surface area contributed by atoms with Crippen molar-refractivity contribution in [2.24, 2.45) is 0 Å². The Balaban J connectivity index is 1.93. The molecular weight excluding hydrogens is 304 g/mol. The first-order valence-corrected chi connectivity index (χ1v) is 7.96. The van der Waals surface area contributed by atoms with Crippen LogP contribution in [0.2, 0.25) is 0 Å². The molecule has 0 spiro atoms. The summed E-state index contributed by atoms with van der Waals surface area (Å²) in [5.41, 5.74) is 1.58. The lowest BCUT2D eigenvalue weighted by molar-refractivity contribution is -0.113. The van der Waals surface area contributed by atoms with E-state index < -0.39 is 11.2 Å². The van der Waals surface area contributed by atoms with E-state index in [0.29, 0.717) is 16.8 Å². The number of hydrogen-bond acceptors (Lipinski definition) is 4. The number of carbonyl (C=O) groups excluding carboxylic acids is 1. The number of benzene rings is 1. The van der Waals surface area contributed by atoms with Crippen LogP contribution in [0.25, 0.3) is 11.0 Å². The van der Waals surface area contributed by atoms with E-state index in [-0.39, 0.29) is 11.4 Å². The predicted molar refractivity (Wildman–Crippen MR) is 95.2 cm³/mol. The van der Waals surface area contributed by atoms with Crippen molar-refractivity contribution in [3.63, 3.8) is 0 Å². The molecule has 5 heteroatoms. The number of anilines is 1. The second-order valence-corrected chi connectivity index (χ2v) is 7.44.